The Hall–Kier alpha value is -0.930. The van der Waals surface area contributed by atoms with Crippen LogP contribution >= 0.6 is 0 Å². The predicted octanol–water partition coefficient (Wildman–Crippen LogP) is 2.35. The molecule has 1 aromatic heterocycles. The molecule has 1 aromatic rings. The summed E-state index contributed by atoms with van der Waals surface area (Å²) in [5.74, 6) is 0.958. The summed E-state index contributed by atoms with van der Waals surface area (Å²) in [5, 5.41) is 3.62. The van der Waals surface area contributed by atoms with Gasteiger partial charge in [-0.05, 0) is 56.2 Å². The monoisotopic (exact) mass is 259 g/mol. The maximum atomic E-state index is 4.32. The van der Waals surface area contributed by atoms with Crippen LogP contribution in [0.3, 0.4) is 0 Å². The van der Waals surface area contributed by atoms with Gasteiger partial charge in [0.2, 0.25) is 0 Å². The second-order valence-corrected chi connectivity index (χ2v) is 6.30. The van der Waals surface area contributed by atoms with Crippen LogP contribution in [-0.2, 0) is 6.54 Å². The van der Waals surface area contributed by atoms with Crippen molar-refractivity contribution in [3.8, 4) is 0 Å². The van der Waals surface area contributed by atoms with Crippen LogP contribution in [0.2, 0.25) is 0 Å². The zero-order chi connectivity index (χ0) is 13.1. The predicted molar refractivity (Wildman–Crippen MR) is 78.0 cm³/mol. The van der Waals surface area contributed by atoms with Crippen LogP contribution in [0.1, 0.15) is 36.8 Å². The molecule has 1 unspecified atom stereocenters. The number of nitrogens with zero attached hydrogens (tertiary/aromatic N) is 2. The number of rotatable bonds is 6. The molecule has 1 atom stereocenters. The van der Waals surface area contributed by atoms with Crippen molar-refractivity contribution in [1.82, 2.24) is 15.2 Å². The van der Waals surface area contributed by atoms with Gasteiger partial charge in [-0.3, -0.25) is 9.88 Å². The lowest BCUT2D eigenvalue weighted by atomic mass is 10.1. The minimum Gasteiger partial charge on any atom is -0.313 e. The van der Waals surface area contributed by atoms with Gasteiger partial charge in [-0.15, -0.1) is 0 Å². The normalized spacial score (nSPS) is 23.2. The van der Waals surface area contributed by atoms with Crippen LogP contribution in [0.5, 0.6) is 0 Å². The Labute approximate surface area is 116 Å². The van der Waals surface area contributed by atoms with E-state index in [1.807, 2.05) is 12.4 Å². The van der Waals surface area contributed by atoms with E-state index in [-0.39, 0.29) is 0 Å². The number of aromatic nitrogens is 1. The average Bonchev–Trinajstić information content (AvgIpc) is 3.03. The largest absolute Gasteiger partial charge is 0.313 e. The summed E-state index contributed by atoms with van der Waals surface area (Å²) in [6, 6.07) is 2.98. The molecule has 1 saturated heterocycles. The number of hydrogen-bond acceptors (Lipinski definition) is 3. The van der Waals surface area contributed by atoms with Crippen molar-refractivity contribution in [2.75, 3.05) is 19.6 Å². The molecule has 1 saturated carbocycles. The maximum absolute atomic E-state index is 4.32. The number of pyridine rings is 1. The third-order valence-corrected chi connectivity index (χ3v) is 4.19. The fourth-order valence-electron chi connectivity index (χ4n) is 3.06. The van der Waals surface area contributed by atoms with Gasteiger partial charge in [0.15, 0.2) is 0 Å². The number of nitrogens with one attached hydrogen (secondary N) is 1. The summed E-state index contributed by atoms with van der Waals surface area (Å²) in [6.45, 7) is 6.86. The second kappa shape index (κ2) is 6.02. The SMILES string of the molecule is Cc1cncc(CN(CC2CC2)CC2CCCN2)c1. The molecule has 3 nitrogen and oxygen atoms in total. The minimum atomic E-state index is 0.705. The van der Waals surface area contributed by atoms with Gasteiger partial charge in [0, 0.05) is 38.1 Å². The minimum absolute atomic E-state index is 0.705. The van der Waals surface area contributed by atoms with E-state index < -0.39 is 0 Å². The van der Waals surface area contributed by atoms with Crippen molar-refractivity contribution in [2.45, 2.75) is 45.2 Å². The highest BCUT2D eigenvalue weighted by atomic mass is 15.2. The molecule has 104 valence electrons. The highest BCUT2D eigenvalue weighted by Gasteiger charge is 2.26. The fourth-order valence-corrected chi connectivity index (χ4v) is 3.06. The molecule has 2 heterocycles. The van der Waals surface area contributed by atoms with Crippen LogP contribution in [0.4, 0.5) is 0 Å². The van der Waals surface area contributed by atoms with E-state index >= 15 is 0 Å². The zero-order valence-corrected chi connectivity index (χ0v) is 11.9. The van der Waals surface area contributed by atoms with Crippen LogP contribution in [0.15, 0.2) is 18.5 Å². The van der Waals surface area contributed by atoms with Crippen LogP contribution in [-0.4, -0.2) is 35.6 Å². The molecule has 0 bridgehead atoms. The van der Waals surface area contributed by atoms with E-state index in [2.05, 4.69) is 28.2 Å². The van der Waals surface area contributed by atoms with E-state index in [0.29, 0.717) is 6.04 Å². The lowest BCUT2D eigenvalue weighted by Crippen LogP contribution is -2.38. The molecule has 0 radical (unpaired) electrons. The van der Waals surface area contributed by atoms with Crippen molar-refractivity contribution in [3.63, 3.8) is 0 Å². The highest BCUT2D eigenvalue weighted by molar-refractivity contribution is 5.16. The van der Waals surface area contributed by atoms with Gasteiger partial charge in [0.25, 0.3) is 0 Å². The third kappa shape index (κ3) is 4.02. The molecule has 1 aliphatic heterocycles. The standard InChI is InChI=1S/C16H25N3/c1-13-7-15(9-17-8-13)11-19(10-14-4-5-14)12-16-3-2-6-18-16/h7-9,14,16,18H,2-6,10-12H2,1H3. The first-order valence-electron chi connectivity index (χ1n) is 7.66. The first-order chi connectivity index (χ1) is 9.29. The summed E-state index contributed by atoms with van der Waals surface area (Å²) in [7, 11) is 0. The Bertz CT molecular complexity index is 408. The van der Waals surface area contributed by atoms with E-state index in [4.69, 9.17) is 0 Å². The smallest absolute Gasteiger partial charge is 0.0313 e. The molecule has 1 N–H and O–H groups in total. The Morgan fingerprint density at radius 3 is 2.84 bits per heavy atom. The Kier molecular flexibility index (Phi) is 4.14. The second-order valence-electron chi connectivity index (χ2n) is 6.30. The zero-order valence-electron chi connectivity index (χ0n) is 11.9. The first kappa shape index (κ1) is 13.1. The molecule has 0 spiro atoms. The summed E-state index contributed by atoms with van der Waals surface area (Å²) in [5.41, 5.74) is 2.63. The van der Waals surface area contributed by atoms with Crippen molar-refractivity contribution >= 4 is 0 Å². The van der Waals surface area contributed by atoms with E-state index in [9.17, 15) is 0 Å². The Morgan fingerprint density at radius 1 is 1.26 bits per heavy atom. The van der Waals surface area contributed by atoms with Gasteiger partial charge >= 0.3 is 0 Å². The lowest BCUT2D eigenvalue weighted by molar-refractivity contribution is 0.231. The Balaban J connectivity index is 1.60. The topological polar surface area (TPSA) is 28.2 Å². The molecule has 2 aliphatic rings. The Morgan fingerprint density at radius 2 is 2.16 bits per heavy atom. The summed E-state index contributed by atoms with van der Waals surface area (Å²) in [4.78, 5) is 6.96. The molecule has 1 aliphatic carbocycles. The first-order valence-corrected chi connectivity index (χ1v) is 7.66. The molecular weight excluding hydrogens is 234 g/mol. The van der Waals surface area contributed by atoms with Gasteiger partial charge in [0.1, 0.15) is 0 Å². The number of aryl methyl sites for hydroxylation is 1. The summed E-state index contributed by atoms with van der Waals surface area (Å²) >= 11 is 0. The fraction of sp³-hybridized carbons (Fsp3) is 0.688. The van der Waals surface area contributed by atoms with Crippen molar-refractivity contribution < 1.29 is 0 Å². The van der Waals surface area contributed by atoms with Crippen LogP contribution < -0.4 is 5.32 Å². The van der Waals surface area contributed by atoms with E-state index in [1.54, 1.807) is 0 Å². The maximum Gasteiger partial charge on any atom is 0.0313 e. The van der Waals surface area contributed by atoms with Crippen molar-refractivity contribution in [2.24, 2.45) is 5.92 Å². The van der Waals surface area contributed by atoms with Crippen molar-refractivity contribution in [1.29, 1.82) is 0 Å². The average molecular weight is 259 g/mol. The highest BCUT2D eigenvalue weighted by Crippen LogP contribution is 2.30. The summed E-state index contributed by atoms with van der Waals surface area (Å²) in [6.07, 6.45) is 9.50. The molecular formula is C16H25N3. The van der Waals surface area contributed by atoms with Crippen LogP contribution in [0.25, 0.3) is 0 Å². The molecule has 3 heteroatoms. The molecule has 0 aromatic carbocycles. The van der Waals surface area contributed by atoms with Gasteiger partial charge in [-0.2, -0.15) is 0 Å². The lowest BCUT2D eigenvalue weighted by Gasteiger charge is -2.25. The number of hydrogen-bond donors (Lipinski definition) is 1. The quantitative estimate of drug-likeness (QED) is 0.850. The van der Waals surface area contributed by atoms with E-state index in [0.717, 1.165) is 12.5 Å². The molecule has 0 amide bonds. The van der Waals surface area contributed by atoms with Gasteiger partial charge in [0.05, 0.1) is 0 Å². The van der Waals surface area contributed by atoms with E-state index in [1.165, 1.54) is 56.4 Å². The van der Waals surface area contributed by atoms with Gasteiger partial charge in [-0.1, -0.05) is 6.07 Å². The molecule has 3 rings (SSSR count). The van der Waals surface area contributed by atoms with Gasteiger partial charge < -0.3 is 5.32 Å². The van der Waals surface area contributed by atoms with Crippen LogP contribution in [0, 0.1) is 12.8 Å². The van der Waals surface area contributed by atoms with Crippen molar-refractivity contribution in [3.05, 3.63) is 29.6 Å². The molecule has 2 fully saturated rings. The third-order valence-electron chi connectivity index (χ3n) is 4.19. The summed E-state index contributed by atoms with van der Waals surface area (Å²) < 4.78 is 0. The molecule has 19 heavy (non-hydrogen) atoms. The van der Waals surface area contributed by atoms with Gasteiger partial charge in [-0.25, -0.2) is 0 Å².